The summed E-state index contributed by atoms with van der Waals surface area (Å²) in [5, 5.41) is 8.97. The number of benzene rings is 1. The van der Waals surface area contributed by atoms with Crippen molar-refractivity contribution in [1.29, 1.82) is 0 Å². The number of nitrogens with zero attached hydrogens (tertiary/aromatic N) is 1. The van der Waals surface area contributed by atoms with Gasteiger partial charge in [0, 0.05) is 18.7 Å². The fraction of sp³-hybridized carbons (Fsp3) is 0.385. The van der Waals surface area contributed by atoms with Gasteiger partial charge in [-0.15, -0.1) is 0 Å². The lowest BCUT2D eigenvalue weighted by atomic mass is 9.97. The van der Waals surface area contributed by atoms with Crippen molar-refractivity contribution in [1.82, 2.24) is 4.90 Å². The van der Waals surface area contributed by atoms with Crippen LogP contribution in [-0.4, -0.2) is 35.0 Å². The highest BCUT2D eigenvalue weighted by molar-refractivity contribution is 5.95. The minimum absolute atomic E-state index is 0.0152. The predicted octanol–water partition coefficient (Wildman–Crippen LogP) is 1.34. The summed E-state index contributed by atoms with van der Waals surface area (Å²) in [5.74, 6) is -2.44. The van der Waals surface area contributed by atoms with E-state index in [1.165, 1.54) is 17.0 Å². The molecule has 1 aliphatic heterocycles. The second-order valence-corrected chi connectivity index (χ2v) is 4.66. The van der Waals surface area contributed by atoms with Crippen LogP contribution in [0.1, 0.15) is 23.2 Å². The highest BCUT2D eigenvalue weighted by Crippen LogP contribution is 2.20. The standard InChI is InChI=1S/C13H15FN2O3/c14-10-6-8(3-4-11(10)15)12(17)16-5-1-2-9(7-16)13(18)19/h3-4,6,9H,1-2,5,7,15H2,(H,18,19)/t9-/m0/s1. The molecule has 1 atom stereocenters. The van der Waals surface area contributed by atoms with E-state index in [1.807, 2.05) is 0 Å². The van der Waals surface area contributed by atoms with Crippen molar-refractivity contribution < 1.29 is 19.1 Å². The van der Waals surface area contributed by atoms with Crippen molar-refractivity contribution in [3.63, 3.8) is 0 Å². The highest BCUT2D eigenvalue weighted by atomic mass is 19.1. The molecule has 1 amide bonds. The molecule has 1 heterocycles. The molecule has 0 aromatic heterocycles. The third kappa shape index (κ3) is 2.83. The molecule has 5 nitrogen and oxygen atoms in total. The van der Waals surface area contributed by atoms with Crippen LogP contribution < -0.4 is 5.73 Å². The average molecular weight is 266 g/mol. The number of aliphatic carboxylic acids is 1. The molecule has 0 bridgehead atoms. The zero-order valence-corrected chi connectivity index (χ0v) is 10.3. The van der Waals surface area contributed by atoms with Crippen LogP contribution >= 0.6 is 0 Å². The summed E-state index contributed by atoms with van der Waals surface area (Å²) < 4.78 is 13.3. The Hall–Kier alpha value is -2.11. The maximum atomic E-state index is 13.3. The molecule has 6 heteroatoms. The topological polar surface area (TPSA) is 83.6 Å². The lowest BCUT2D eigenvalue weighted by molar-refractivity contribution is -0.143. The Morgan fingerprint density at radius 3 is 2.79 bits per heavy atom. The molecule has 0 aliphatic carbocycles. The lowest BCUT2D eigenvalue weighted by Crippen LogP contribution is -2.42. The zero-order chi connectivity index (χ0) is 14.0. The normalized spacial score (nSPS) is 19.2. The van der Waals surface area contributed by atoms with Crippen LogP contribution in [0.4, 0.5) is 10.1 Å². The van der Waals surface area contributed by atoms with E-state index < -0.39 is 17.7 Å². The van der Waals surface area contributed by atoms with Crippen LogP contribution in [0.2, 0.25) is 0 Å². The summed E-state index contributed by atoms with van der Waals surface area (Å²) >= 11 is 0. The number of nitrogen functional groups attached to an aromatic ring is 1. The SMILES string of the molecule is Nc1ccc(C(=O)N2CCC[C@H](C(=O)O)C2)cc1F. The van der Waals surface area contributed by atoms with Gasteiger partial charge in [-0.1, -0.05) is 0 Å². The first kappa shape index (κ1) is 13.3. The van der Waals surface area contributed by atoms with E-state index >= 15 is 0 Å². The van der Waals surface area contributed by atoms with Gasteiger partial charge in [-0.2, -0.15) is 0 Å². The molecule has 1 aromatic carbocycles. The maximum Gasteiger partial charge on any atom is 0.308 e. The van der Waals surface area contributed by atoms with E-state index in [4.69, 9.17) is 10.8 Å². The van der Waals surface area contributed by atoms with Crippen LogP contribution in [0, 0.1) is 11.7 Å². The number of carboxylic acids is 1. The summed E-state index contributed by atoms with van der Waals surface area (Å²) in [7, 11) is 0. The fourth-order valence-corrected chi connectivity index (χ4v) is 2.21. The Morgan fingerprint density at radius 2 is 2.16 bits per heavy atom. The number of rotatable bonds is 2. The van der Waals surface area contributed by atoms with Crippen LogP contribution in [0.3, 0.4) is 0 Å². The third-order valence-corrected chi connectivity index (χ3v) is 3.31. The van der Waals surface area contributed by atoms with Crippen LogP contribution in [0.15, 0.2) is 18.2 Å². The van der Waals surface area contributed by atoms with E-state index in [2.05, 4.69) is 0 Å². The summed E-state index contributed by atoms with van der Waals surface area (Å²) in [6, 6.07) is 3.87. The van der Waals surface area contributed by atoms with Crippen LogP contribution in [-0.2, 0) is 4.79 Å². The first-order valence-electron chi connectivity index (χ1n) is 6.06. The van der Waals surface area contributed by atoms with Gasteiger partial charge in [0.25, 0.3) is 5.91 Å². The van der Waals surface area contributed by atoms with E-state index in [0.29, 0.717) is 19.4 Å². The molecular weight excluding hydrogens is 251 g/mol. The smallest absolute Gasteiger partial charge is 0.308 e. The van der Waals surface area contributed by atoms with Gasteiger partial charge >= 0.3 is 5.97 Å². The lowest BCUT2D eigenvalue weighted by Gasteiger charge is -2.30. The number of nitrogens with two attached hydrogens (primary N) is 1. The number of carbonyl (C=O) groups is 2. The minimum atomic E-state index is -0.902. The van der Waals surface area contributed by atoms with Crippen LogP contribution in [0.5, 0.6) is 0 Å². The van der Waals surface area contributed by atoms with Gasteiger partial charge in [-0.05, 0) is 31.0 Å². The van der Waals surface area contributed by atoms with Gasteiger partial charge in [-0.3, -0.25) is 9.59 Å². The first-order chi connectivity index (χ1) is 8.99. The van der Waals surface area contributed by atoms with Crippen LogP contribution in [0.25, 0.3) is 0 Å². The molecule has 0 spiro atoms. The monoisotopic (exact) mass is 266 g/mol. The van der Waals surface area contributed by atoms with Gasteiger partial charge in [0.15, 0.2) is 0 Å². The molecule has 1 aliphatic rings. The summed E-state index contributed by atoms with van der Waals surface area (Å²) in [6.07, 6.45) is 1.20. The molecule has 19 heavy (non-hydrogen) atoms. The van der Waals surface area contributed by atoms with Gasteiger partial charge in [-0.25, -0.2) is 4.39 Å². The minimum Gasteiger partial charge on any atom is -0.481 e. The first-order valence-corrected chi connectivity index (χ1v) is 6.06. The third-order valence-electron chi connectivity index (χ3n) is 3.31. The number of carbonyl (C=O) groups excluding carboxylic acids is 1. The van der Waals surface area contributed by atoms with Gasteiger partial charge in [0.05, 0.1) is 11.6 Å². The summed E-state index contributed by atoms with van der Waals surface area (Å²) in [5.41, 5.74) is 5.53. The number of carboxylic acid groups (broad SMARTS) is 1. The summed E-state index contributed by atoms with van der Waals surface area (Å²) in [4.78, 5) is 24.6. The number of amides is 1. The number of hydrogen-bond acceptors (Lipinski definition) is 3. The number of halogens is 1. The molecule has 0 unspecified atom stereocenters. The number of likely N-dealkylation sites (tertiary alicyclic amines) is 1. The molecule has 3 N–H and O–H groups in total. The quantitative estimate of drug-likeness (QED) is 0.791. The Morgan fingerprint density at radius 1 is 1.42 bits per heavy atom. The maximum absolute atomic E-state index is 13.3. The van der Waals surface area contributed by atoms with Crippen molar-refractivity contribution in [2.75, 3.05) is 18.8 Å². The van der Waals surface area contributed by atoms with Gasteiger partial charge < -0.3 is 15.7 Å². The average Bonchev–Trinajstić information content (AvgIpc) is 2.41. The Kier molecular flexibility index (Phi) is 3.69. The van der Waals surface area contributed by atoms with Crippen molar-refractivity contribution in [3.05, 3.63) is 29.6 Å². The predicted molar refractivity (Wildman–Crippen MR) is 67.1 cm³/mol. The van der Waals surface area contributed by atoms with Crippen molar-refractivity contribution in [2.45, 2.75) is 12.8 Å². The molecule has 1 aromatic rings. The summed E-state index contributed by atoms with van der Waals surface area (Å²) in [6.45, 7) is 0.661. The van der Waals surface area contributed by atoms with Gasteiger partial charge in [0.2, 0.25) is 0 Å². The largest absolute Gasteiger partial charge is 0.481 e. The van der Waals surface area contributed by atoms with Crippen molar-refractivity contribution >= 4 is 17.6 Å². The molecular formula is C13H15FN2O3. The van der Waals surface area contributed by atoms with E-state index in [1.54, 1.807) is 0 Å². The van der Waals surface area contributed by atoms with E-state index in [0.717, 1.165) is 6.07 Å². The van der Waals surface area contributed by atoms with Crippen molar-refractivity contribution in [2.24, 2.45) is 5.92 Å². The molecule has 2 rings (SSSR count). The number of piperidine rings is 1. The number of anilines is 1. The Labute approximate surface area is 109 Å². The second-order valence-electron chi connectivity index (χ2n) is 4.66. The highest BCUT2D eigenvalue weighted by Gasteiger charge is 2.28. The van der Waals surface area contributed by atoms with Crippen molar-refractivity contribution in [3.8, 4) is 0 Å². The molecule has 0 saturated carbocycles. The zero-order valence-electron chi connectivity index (χ0n) is 10.3. The van der Waals surface area contributed by atoms with E-state index in [-0.39, 0.29) is 23.7 Å². The Balaban J connectivity index is 2.14. The number of hydrogen-bond donors (Lipinski definition) is 2. The van der Waals surface area contributed by atoms with Gasteiger partial charge in [0.1, 0.15) is 5.82 Å². The molecule has 1 fully saturated rings. The molecule has 1 saturated heterocycles. The molecule has 102 valence electrons. The second kappa shape index (κ2) is 5.26. The molecule has 0 radical (unpaired) electrons. The fourth-order valence-electron chi connectivity index (χ4n) is 2.21. The Bertz CT molecular complexity index is 519. The van der Waals surface area contributed by atoms with E-state index in [9.17, 15) is 14.0 Å².